The molecule has 0 aliphatic carbocycles. The third kappa shape index (κ3) is 3.48. The molecule has 1 rings (SSSR count). The maximum atomic E-state index is 9.75. The average Bonchev–Trinajstić information content (AvgIpc) is 2.28. The zero-order valence-electron chi connectivity index (χ0n) is 8.56. The van der Waals surface area contributed by atoms with E-state index in [9.17, 15) is 10.2 Å². The summed E-state index contributed by atoms with van der Waals surface area (Å²) < 4.78 is 5.31. The average molecular weight is 275 g/mol. The lowest BCUT2D eigenvalue weighted by Gasteiger charge is -2.16. The smallest absolute Gasteiger partial charge is 0.119 e. The van der Waals surface area contributed by atoms with Crippen LogP contribution in [0, 0.1) is 0 Å². The highest BCUT2D eigenvalue weighted by molar-refractivity contribution is 9.09. The topological polar surface area (TPSA) is 49.7 Å². The monoisotopic (exact) mass is 274 g/mol. The molecule has 0 radical (unpaired) electrons. The summed E-state index contributed by atoms with van der Waals surface area (Å²) in [6, 6.07) is 7.11. The van der Waals surface area contributed by atoms with Crippen LogP contribution in [-0.4, -0.2) is 28.3 Å². The second kappa shape index (κ2) is 6.10. The van der Waals surface area contributed by atoms with Gasteiger partial charge in [-0.15, -0.1) is 0 Å². The van der Waals surface area contributed by atoms with Gasteiger partial charge in [0.1, 0.15) is 11.9 Å². The van der Waals surface area contributed by atoms with Crippen molar-refractivity contribution in [2.75, 3.05) is 11.9 Å². The predicted molar refractivity (Wildman–Crippen MR) is 62.4 cm³/mol. The van der Waals surface area contributed by atoms with Crippen molar-refractivity contribution < 1.29 is 14.9 Å². The van der Waals surface area contributed by atoms with Gasteiger partial charge in [-0.1, -0.05) is 28.1 Å². The van der Waals surface area contributed by atoms with E-state index in [0.29, 0.717) is 23.2 Å². The fourth-order valence-corrected chi connectivity index (χ4v) is 1.62. The van der Waals surface area contributed by atoms with Gasteiger partial charge < -0.3 is 14.9 Å². The molecule has 0 aliphatic rings. The van der Waals surface area contributed by atoms with E-state index in [1.807, 2.05) is 13.0 Å². The Hall–Kier alpha value is -0.580. The summed E-state index contributed by atoms with van der Waals surface area (Å²) in [7, 11) is 0. The van der Waals surface area contributed by atoms with Gasteiger partial charge in [0.2, 0.25) is 0 Å². The highest BCUT2D eigenvalue weighted by atomic mass is 79.9. The summed E-state index contributed by atoms with van der Waals surface area (Å²) in [6.07, 6.45) is -1.69. The van der Waals surface area contributed by atoms with Crippen LogP contribution in [0.1, 0.15) is 18.6 Å². The molecule has 1 aromatic carbocycles. The predicted octanol–water partition coefficient (Wildman–Crippen LogP) is 1.87. The third-order valence-electron chi connectivity index (χ3n) is 2.03. The molecule has 1 aromatic rings. The van der Waals surface area contributed by atoms with Gasteiger partial charge in [0.25, 0.3) is 0 Å². The van der Waals surface area contributed by atoms with Crippen molar-refractivity contribution in [3.8, 4) is 5.75 Å². The Morgan fingerprint density at radius 1 is 1.40 bits per heavy atom. The van der Waals surface area contributed by atoms with E-state index >= 15 is 0 Å². The number of hydrogen-bond donors (Lipinski definition) is 2. The van der Waals surface area contributed by atoms with E-state index in [4.69, 9.17) is 4.74 Å². The van der Waals surface area contributed by atoms with Gasteiger partial charge in [0.15, 0.2) is 0 Å². The van der Waals surface area contributed by atoms with Gasteiger partial charge in [-0.25, -0.2) is 0 Å². The largest absolute Gasteiger partial charge is 0.494 e. The second-order valence-electron chi connectivity index (χ2n) is 3.17. The van der Waals surface area contributed by atoms with Crippen molar-refractivity contribution in [3.63, 3.8) is 0 Å². The van der Waals surface area contributed by atoms with Gasteiger partial charge in [-0.05, 0) is 24.6 Å². The van der Waals surface area contributed by atoms with Crippen LogP contribution < -0.4 is 4.74 Å². The molecule has 0 bridgehead atoms. The van der Waals surface area contributed by atoms with Crippen molar-refractivity contribution >= 4 is 15.9 Å². The van der Waals surface area contributed by atoms with Crippen LogP contribution in [0.25, 0.3) is 0 Å². The summed E-state index contributed by atoms with van der Waals surface area (Å²) in [6.45, 7) is 2.48. The molecule has 0 heterocycles. The molecular weight excluding hydrogens is 260 g/mol. The van der Waals surface area contributed by atoms with Crippen LogP contribution in [-0.2, 0) is 0 Å². The van der Waals surface area contributed by atoms with Gasteiger partial charge in [-0.3, -0.25) is 0 Å². The molecule has 0 spiro atoms. The van der Waals surface area contributed by atoms with E-state index < -0.39 is 12.2 Å². The first kappa shape index (κ1) is 12.5. The summed E-state index contributed by atoms with van der Waals surface area (Å²) in [5, 5.41) is 19.5. The number of aliphatic hydroxyl groups is 2. The molecular formula is C11H15BrO3. The minimum Gasteiger partial charge on any atom is -0.494 e. The van der Waals surface area contributed by atoms with Gasteiger partial charge in [0, 0.05) is 5.33 Å². The third-order valence-corrected chi connectivity index (χ3v) is 2.70. The maximum absolute atomic E-state index is 9.75. The Kier molecular flexibility index (Phi) is 5.08. The Morgan fingerprint density at radius 2 is 2.13 bits per heavy atom. The Labute approximate surface area is 97.8 Å². The molecule has 0 aliphatic heterocycles. The maximum Gasteiger partial charge on any atom is 0.119 e. The molecule has 0 aromatic heterocycles. The fraction of sp³-hybridized carbons (Fsp3) is 0.455. The van der Waals surface area contributed by atoms with E-state index in [2.05, 4.69) is 15.9 Å². The minimum absolute atomic E-state index is 0.340. The molecule has 15 heavy (non-hydrogen) atoms. The van der Waals surface area contributed by atoms with Gasteiger partial charge in [-0.2, -0.15) is 0 Å². The summed E-state index contributed by atoms with van der Waals surface area (Å²) in [4.78, 5) is 0. The minimum atomic E-state index is -0.884. The zero-order chi connectivity index (χ0) is 11.3. The molecule has 3 nitrogen and oxygen atoms in total. The standard InChI is InChI=1S/C11H15BrO3/c1-2-15-9-5-3-4-8(6-9)11(14)10(13)7-12/h3-6,10-11,13-14H,2,7H2,1H3. The van der Waals surface area contributed by atoms with E-state index in [0.717, 1.165) is 0 Å². The van der Waals surface area contributed by atoms with Gasteiger partial charge in [0.05, 0.1) is 12.7 Å². The van der Waals surface area contributed by atoms with E-state index in [1.54, 1.807) is 18.2 Å². The van der Waals surface area contributed by atoms with E-state index in [1.165, 1.54) is 0 Å². The molecule has 0 fully saturated rings. The Balaban J connectivity index is 2.80. The molecule has 2 N–H and O–H groups in total. The van der Waals surface area contributed by atoms with Crippen LogP contribution in [0.5, 0.6) is 5.75 Å². The van der Waals surface area contributed by atoms with Crippen LogP contribution >= 0.6 is 15.9 Å². The van der Waals surface area contributed by atoms with E-state index in [-0.39, 0.29) is 0 Å². The lowest BCUT2D eigenvalue weighted by Crippen LogP contribution is -2.19. The number of rotatable bonds is 5. The summed E-state index contributed by atoms with van der Waals surface area (Å²) in [5.41, 5.74) is 0.660. The first-order chi connectivity index (χ1) is 7.19. The first-order valence-corrected chi connectivity index (χ1v) is 5.96. The van der Waals surface area contributed by atoms with Crippen LogP contribution in [0.2, 0.25) is 0 Å². The van der Waals surface area contributed by atoms with Crippen LogP contribution in [0.3, 0.4) is 0 Å². The number of benzene rings is 1. The quantitative estimate of drug-likeness (QED) is 0.807. The first-order valence-electron chi connectivity index (χ1n) is 4.84. The summed E-state index contributed by atoms with van der Waals surface area (Å²) >= 11 is 3.12. The number of alkyl halides is 1. The molecule has 84 valence electrons. The van der Waals surface area contributed by atoms with Crippen LogP contribution in [0.4, 0.5) is 0 Å². The number of hydrogen-bond acceptors (Lipinski definition) is 3. The van der Waals surface area contributed by atoms with Crippen molar-refractivity contribution in [2.24, 2.45) is 0 Å². The number of aliphatic hydroxyl groups excluding tert-OH is 2. The number of halogens is 1. The van der Waals surface area contributed by atoms with Crippen molar-refractivity contribution in [1.82, 2.24) is 0 Å². The van der Waals surface area contributed by atoms with Crippen molar-refractivity contribution in [1.29, 1.82) is 0 Å². The fourth-order valence-electron chi connectivity index (χ4n) is 1.26. The Morgan fingerprint density at radius 3 is 2.73 bits per heavy atom. The molecule has 4 heteroatoms. The molecule has 0 saturated carbocycles. The molecule has 2 unspecified atom stereocenters. The molecule has 0 amide bonds. The second-order valence-corrected chi connectivity index (χ2v) is 3.82. The highest BCUT2D eigenvalue weighted by Gasteiger charge is 2.17. The van der Waals surface area contributed by atoms with Gasteiger partial charge >= 0.3 is 0 Å². The summed E-state index contributed by atoms with van der Waals surface area (Å²) in [5.74, 6) is 0.704. The van der Waals surface area contributed by atoms with Crippen molar-refractivity contribution in [3.05, 3.63) is 29.8 Å². The lowest BCUT2D eigenvalue weighted by atomic mass is 10.1. The molecule has 2 atom stereocenters. The van der Waals surface area contributed by atoms with Crippen molar-refractivity contribution in [2.45, 2.75) is 19.1 Å². The SMILES string of the molecule is CCOc1cccc(C(O)C(O)CBr)c1. The number of ether oxygens (including phenoxy) is 1. The highest BCUT2D eigenvalue weighted by Crippen LogP contribution is 2.22. The molecule has 0 saturated heterocycles. The zero-order valence-corrected chi connectivity index (χ0v) is 10.1. The normalized spacial score (nSPS) is 14.7. The lowest BCUT2D eigenvalue weighted by molar-refractivity contribution is 0.0341. The Bertz CT molecular complexity index is 304. The van der Waals surface area contributed by atoms with Crippen LogP contribution in [0.15, 0.2) is 24.3 Å².